The van der Waals surface area contributed by atoms with Gasteiger partial charge in [-0.25, -0.2) is 0 Å². The smallest absolute Gasteiger partial charge is 0.00727 e. The zero-order chi connectivity index (χ0) is 7.56. The van der Waals surface area contributed by atoms with Crippen LogP contribution in [-0.4, -0.2) is 6.04 Å². The van der Waals surface area contributed by atoms with E-state index in [-0.39, 0.29) is 0 Å². The third-order valence-electron chi connectivity index (χ3n) is 2.43. The third-order valence-corrected chi connectivity index (χ3v) is 2.43. The molecule has 0 spiro atoms. The monoisotopic (exact) mass is 139 g/mol. The Morgan fingerprint density at radius 3 is 2.80 bits per heavy atom. The van der Waals surface area contributed by atoms with Crippen LogP contribution in [0.5, 0.6) is 0 Å². The van der Waals surface area contributed by atoms with Crippen molar-refractivity contribution in [2.45, 2.75) is 32.2 Å². The second kappa shape index (κ2) is 3.20. The summed E-state index contributed by atoms with van der Waals surface area (Å²) >= 11 is 0. The molecule has 1 heteroatoms. The van der Waals surface area contributed by atoms with E-state index >= 15 is 0 Å². The molecule has 1 nitrogen and oxygen atoms in total. The molecule has 0 heterocycles. The largest absolute Gasteiger partial charge is 0.327 e. The SMILES string of the molecule is C=CCCC(N)C1CC1C. The van der Waals surface area contributed by atoms with Crippen LogP contribution >= 0.6 is 0 Å². The number of nitrogens with two attached hydrogens (primary N) is 1. The summed E-state index contributed by atoms with van der Waals surface area (Å²) in [5.74, 6) is 1.71. The zero-order valence-electron chi connectivity index (χ0n) is 6.72. The van der Waals surface area contributed by atoms with E-state index in [0.29, 0.717) is 6.04 Å². The van der Waals surface area contributed by atoms with Gasteiger partial charge in [-0.1, -0.05) is 13.0 Å². The van der Waals surface area contributed by atoms with Crippen LogP contribution in [0.15, 0.2) is 12.7 Å². The molecule has 1 saturated carbocycles. The second-order valence-corrected chi connectivity index (χ2v) is 3.41. The second-order valence-electron chi connectivity index (χ2n) is 3.41. The Morgan fingerprint density at radius 1 is 1.80 bits per heavy atom. The van der Waals surface area contributed by atoms with Gasteiger partial charge in [0.15, 0.2) is 0 Å². The van der Waals surface area contributed by atoms with Gasteiger partial charge >= 0.3 is 0 Å². The summed E-state index contributed by atoms with van der Waals surface area (Å²) in [6.45, 7) is 5.95. The molecule has 0 aromatic heterocycles. The Labute approximate surface area is 63.3 Å². The Bertz CT molecular complexity index is 120. The average Bonchev–Trinajstić information content (AvgIpc) is 2.62. The predicted molar refractivity (Wildman–Crippen MR) is 44.7 cm³/mol. The molecule has 0 aliphatic heterocycles. The van der Waals surface area contributed by atoms with E-state index in [0.717, 1.165) is 24.7 Å². The Hall–Kier alpha value is -0.300. The highest BCUT2D eigenvalue weighted by atomic mass is 14.7. The van der Waals surface area contributed by atoms with Gasteiger partial charge in [-0.3, -0.25) is 0 Å². The summed E-state index contributed by atoms with van der Waals surface area (Å²) in [4.78, 5) is 0. The molecule has 2 N–H and O–H groups in total. The van der Waals surface area contributed by atoms with Crippen molar-refractivity contribution in [3.05, 3.63) is 12.7 Å². The molecule has 0 aromatic rings. The van der Waals surface area contributed by atoms with Gasteiger partial charge in [-0.15, -0.1) is 6.58 Å². The fraction of sp³-hybridized carbons (Fsp3) is 0.778. The predicted octanol–water partition coefficient (Wildman–Crippen LogP) is 1.94. The van der Waals surface area contributed by atoms with Crippen molar-refractivity contribution in [2.75, 3.05) is 0 Å². The summed E-state index contributed by atoms with van der Waals surface area (Å²) in [5, 5.41) is 0. The Balaban J connectivity index is 2.10. The summed E-state index contributed by atoms with van der Waals surface area (Å²) in [6, 6.07) is 0.438. The topological polar surface area (TPSA) is 26.0 Å². The molecule has 0 radical (unpaired) electrons. The number of hydrogen-bond donors (Lipinski definition) is 1. The molecule has 58 valence electrons. The van der Waals surface area contributed by atoms with Gasteiger partial charge in [0.1, 0.15) is 0 Å². The number of hydrogen-bond acceptors (Lipinski definition) is 1. The van der Waals surface area contributed by atoms with Crippen LogP contribution in [0.3, 0.4) is 0 Å². The molecule has 3 atom stereocenters. The third kappa shape index (κ3) is 1.84. The molecule has 0 saturated heterocycles. The van der Waals surface area contributed by atoms with Gasteiger partial charge in [0.2, 0.25) is 0 Å². The lowest BCUT2D eigenvalue weighted by atomic mass is 10.1. The molecule has 1 rings (SSSR count). The zero-order valence-corrected chi connectivity index (χ0v) is 6.72. The maximum atomic E-state index is 5.91. The van der Waals surface area contributed by atoms with Crippen LogP contribution < -0.4 is 5.73 Å². The minimum Gasteiger partial charge on any atom is -0.327 e. The maximum Gasteiger partial charge on any atom is 0.00727 e. The van der Waals surface area contributed by atoms with Crippen LogP contribution in [0.1, 0.15) is 26.2 Å². The van der Waals surface area contributed by atoms with E-state index in [9.17, 15) is 0 Å². The van der Waals surface area contributed by atoms with Gasteiger partial charge < -0.3 is 5.73 Å². The van der Waals surface area contributed by atoms with Gasteiger partial charge in [-0.05, 0) is 31.1 Å². The standard InChI is InChI=1S/C9H17N/c1-3-4-5-9(10)8-6-7(8)2/h3,7-9H,1,4-6,10H2,2H3. The molecular weight excluding hydrogens is 122 g/mol. The first kappa shape index (κ1) is 7.80. The molecule has 1 aliphatic carbocycles. The first-order valence-corrected chi connectivity index (χ1v) is 4.12. The number of rotatable bonds is 4. The molecule has 0 amide bonds. The van der Waals surface area contributed by atoms with Crippen molar-refractivity contribution in [2.24, 2.45) is 17.6 Å². The van der Waals surface area contributed by atoms with Gasteiger partial charge in [0.25, 0.3) is 0 Å². The molecule has 0 aromatic carbocycles. The van der Waals surface area contributed by atoms with E-state index in [1.165, 1.54) is 6.42 Å². The first-order valence-electron chi connectivity index (χ1n) is 4.12. The highest BCUT2D eigenvalue weighted by Gasteiger charge is 2.36. The van der Waals surface area contributed by atoms with Crippen LogP contribution in [0, 0.1) is 11.8 Å². The molecule has 0 bridgehead atoms. The van der Waals surface area contributed by atoms with Crippen molar-refractivity contribution < 1.29 is 0 Å². The average molecular weight is 139 g/mol. The Kier molecular flexibility index (Phi) is 2.50. The fourth-order valence-electron chi connectivity index (χ4n) is 1.47. The van der Waals surface area contributed by atoms with E-state index in [1.54, 1.807) is 0 Å². The first-order chi connectivity index (χ1) is 4.75. The lowest BCUT2D eigenvalue weighted by Gasteiger charge is -2.07. The molecule has 1 fully saturated rings. The van der Waals surface area contributed by atoms with Crippen LogP contribution in [0.25, 0.3) is 0 Å². The normalized spacial score (nSPS) is 33.4. The summed E-state index contributed by atoms with van der Waals surface area (Å²) < 4.78 is 0. The van der Waals surface area contributed by atoms with E-state index in [4.69, 9.17) is 5.73 Å². The van der Waals surface area contributed by atoms with Gasteiger partial charge in [0, 0.05) is 6.04 Å². The summed E-state index contributed by atoms with van der Waals surface area (Å²) in [5.41, 5.74) is 5.91. The summed E-state index contributed by atoms with van der Waals surface area (Å²) in [7, 11) is 0. The lowest BCUT2D eigenvalue weighted by Crippen LogP contribution is -2.22. The minimum absolute atomic E-state index is 0.438. The lowest BCUT2D eigenvalue weighted by molar-refractivity contribution is 0.529. The fourth-order valence-corrected chi connectivity index (χ4v) is 1.47. The highest BCUT2D eigenvalue weighted by Crippen LogP contribution is 2.40. The van der Waals surface area contributed by atoms with Gasteiger partial charge in [0.05, 0.1) is 0 Å². The molecule has 10 heavy (non-hydrogen) atoms. The van der Waals surface area contributed by atoms with Crippen molar-refractivity contribution in [1.82, 2.24) is 0 Å². The molecular formula is C9H17N. The highest BCUT2D eigenvalue weighted by molar-refractivity contribution is 4.91. The van der Waals surface area contributed by atoms with Crippen LogP contribution in [0.4, 0.5) is 0 Å². The van der Waals surface area contributed by atoms with E-state index in [2.05, 4.69) is 13.5 Å². The van der Waals surface area contributed by atoms with Crippen molar-refractivity contribution in [1.29, 1.82) is 0 Å². The van der Waals surface area contributed by atoms with E-state index in [1.807, 2.05) is 6.08 Å². The quantitative estimate of drug-likeness (QED) is 0.592. The van der Waals surface area contributed by atoms with Crippen molar-refractivity contribution in [3.63, 3.8) is 0 Å². The molecule has 3 unspecified atom stereocenters. The number of allylic oxidation sites excluding steroid dienone is 1. The van der Waals surface area contributed by atoms with Crippen molar-refractivity contribution >= 4 is 0 Å². The van der Waals surface area contributed by atoms with Crippen LogP contribution in [-0.2, 0) is 0 Å². The van der Waals surface area contributed by atoms with Crippen molar-refractivity contribution in [3.8, 4) is 0 Å². The Morgan fingerprint density at radius 2 is 2.40 bits per heavy atom. The van der Waals surface area contributed by atoms with Crippen LogP contribution in [0.2, 0.25) is 0 Å². The maximum absolute atomic E-state index is 5.91. The minimum atomic E-state index is 0.438. The van der Waals surface area contributed by atoms with E-state index < -0.39 is 0 Å². The summed E-state index contributed by atoms with van der Waals surface area (Å²) in [6.07, 6.45) is 5.49. The molecule has 1 aliphatic rings. The van der Waals surface area contributed by atoms with Gasteiger partial charge in [-0.2, -0.15) is 0 Å².